The van der Waals surface area contributed by atoms with Crippen molar-refractivity contribution in [2.45, 2.75) is 19.4 Å². The van der Waals surface area contributed by atoms with Gasteiger partial charge in [-0.25, -0.2) is 4.39 Å². The fourth-order valence-electron chi connectivity index (χ4n) is 3.85. The van der Waals surface area contributed by atoms with E-state index in [9.17, 15) is 9.18 Å². The Bertz CT molecular complexity index is 1370. The van der Waals surface area contributed by atoms with Crippen LogP contribution < -0.4 is 5.32 Å². The van der Waals surface area contributed by atoms with E-state index < -0.39 is 0 Å². The maximum atomic E-state index is 13.9. The predicted octanol–water partition coefficient (Wildman–Crippen LogP) is 4.27. The van der Waals surface area contributed by atoms with Crippen molar-refractivity contribution < 1.29 is 9.18 Å². The Hall–Kier alpha value is -4.00. The predicted molar refractivity (Wildman–Crippen MR) is 117 cm³/mol. The zero-order valence-electron chi connectivity index (χ0n) is 16.7. The fraction of sp³-hybridized carbons (Fsp3) is 0.125. The Morgan fingerprint density at radius 3 is 2.74 bits per heavy atom. The number of H-pyrrole nitrogens is 1. The summed E-state index contributed by atoms with van der Waals surface area (Å²) in [6, 6.07) is 20.2. The first-order valence-electron chi connectivity index (χ1n) is 10.1. The number of hydrogen-bond acceptors (Lipinski definition) is 3. The Morgan fingerprint density at radius 1 is 1.03 bits per heavy atom. The van der Waals surface area contributed by atoms with Gasteiger partial charge in [-0.2, -0.15) is 0 Å². The lowest BCUT2D eigenvalue weighted by atomic mass is 10.0. The van der Waals surface area contributed by atoms with E-state index >= 15 is 0 Å². The smallest absolute Gasteiger partial charge is 0.220 e. The largest absolute Gasteiger partial charge is 0.354 e. The van der Waals surface area contributed by atoms with Crippen molar-refractivity contribution in [1.82, 2.24) is 24.9 Å². The zero-order valence-corrected chi connectivity index (χ0v) is 16.7. The standard InChI is InChI=1S/C24H20FN5O/c25-17-9-11-20-19(14-17)18(24(27-20)16-6-2-1-3-7-16)10-12-23(31)26-15-22-29-28-21-8-4-5-13-30(21)22/h1-9,11,13-14,27H,10,12,15H2,(H,26,31). The number of hydrogen-bond donors (Lipinski definition) is 2. The van der Waals surface area contributed by atoms with Crippen LogP contribution in [0.15, 0.2) is 72.9 Å². The SMILES string of the molecule is O=C(CCc1c(-c2ccccc2)[nH]c2ccc(F)cc12)NCc1nnc2ccccn12. The average Bonchev–Trinajstić information content (AvgIpc) is 3.38. The molecule has 0 aliphatic carbocycles. The number of fused-ring (bicyclic) bond motifs is 2. The van der Waals surface area contributed by atoms with E-state index in [-0.39, 0.29) is 24.7 Å². The van der Waals surface area contributed by atoms with E-state index in [1.165, 1.54) is 12.1 Å². The molecule has 31 heavy (non-hydrogen) atoms. The van der Waals surface area contributed by atoms with Crippen LogP contribution in [0.25, 0.3) is 27.8 Å². The number of benzene rings is 2. The Morgan fingerprint density at radius 2 is 1.87 bits per heavy atom. The summed E-state index contributed by atoms with van der Waals surface area (Å²) >= 11 is 0. The molecule has 0 aliphatic heterocycles. The lowest BCUT2D eigenvalue weighted by Gasteiger charge is -2.07. The van der Waals surface area contributed by atoms with Gasteiger partial charge in [0.1, 0.15) is 5.82 Å². The van der Waals surface area contributed by atoms with Crippen molar-refractivity contribution in [3.63, 3.8) is 0 Å². The summed E-state index contributed by atoms with van der Waals surface area (Å²) in [6.07, 6.45) is 2.63. The first-order valence-corrected chi connectivity index (χ1v) is 10.1. The molecule has 3 aromatic heterocycles. The zero-order chi connectivity index (χ0) is 21.2. The van der Waals surface area contributed by atoms with Crippen LogP contribution >= 0.6 is 0 Å². The average molecular weight is 413 g/mol. The van der Waals surface area contributed by atoms with Crippen LogP contribution in [0.3, 0.4) is 0 Å². The van der Waals surface area contributed by atoms with Crippen molar-refractivity contribution in [2.75, 3.05) is 0 Å². The summed E-state index contributed by atoms with van der Waals surface area (Å²) in [7, 11) is 0. The molecule has 0 unspecified atom stereocenters. The highest BCUT2D eigenvalue weighted by molar-refractivity contribution is 5.91. The van der Waals surface area contributed by atoms with Crippen molar-refractivity contribution in [3.8, 4) is 11.3 Å². The molecule has 0 bridgehead atoms. The number of aromatic nitrogens is 4. The first kappa shape index (κ1) is 19.0. The van der Waals surface area contributed by atoms with Gasteiger partial charge in [0, 0.05) is 29.2 Å². The van der Waals surface area contributed by atoms with Crippen molar-refractivity contribution in [2.24, 2.45) is 0 Å². The number of carbonyl (C=O) groups excluding carboxylic acids is 1. The normalized spacial score (nSPS) is 11.3. The van der Waals surface area contributed by atoms with Gasteiger partial charge >= 0.3 is 0 Å². The van der Waals surface area contributed by atoms with Gasteiger partial charge in [0.15, 0.2) is 11.5 Å². The lowest BCUT2D eigenvalue weighted by Crippen LogP contribution is -2.24. The highest BCUT2D eigenvalue weighted by Crippen LogP contribution is 2.31. The van der Waals surface area contributed by atoms with Crippen LogP contribution in [-0.2, 0) is 17.8 Å². The molecular formula is C24H20FN5O. The molecule has 0 aliphatic rings. The monoisotopic (exact) mass is 413 g/mol. The number of pyridine rings is 1. The van der Waals surface area contributed by atoms with Gasteiger partial charge in [0.25, 0.3) is 0 Å². The van der Waals surface area contributed by atoms with Crippen LogP contribution in [0.4, 0.5) is 4.39 Å². The van der Waals surface area contributed by atoms with Crippen LogP contribution in [0.2, 0.25) is 0 Å². The molecule has 2 aromatic carbocycles. The fourth-order valence-corrected chi connectivity index (χ4v) is 3.85. The molecule has 5 aromatic rings. The molecule has 154 valence electrons. The van der Waals surface area contributed by atoms with E-state index in [2.05, 4.69) is 20.5 Å². The highest BCUT2D eigenvalue weighted by atomic mass is 19.1. The van der Waals surface area contributed by atoms with Gasteiger partial charge in [-0.05, 0) is 47.9 Å². The number of aryl methyl sites for hydroxylation is 1. The van der Waals surface area contributed by atoms with Crippen LogP contribution in [0.1, 0.15) is 17.8 Å². The molecule has 0 radical (unpaired) electrons. The summed E-state index contributed by atoms with van der Waals surface area (Å²) in [5.41, 5.74) is 4.44. The number of carbonyl (C=O) groups is 1. The van der Waals surface area contributed by atoms with E-state index in [0.717, 1.165) is 33.4 Å². The third-order valence-electron chi connectivity index (χ3n) is 5.36. The number of nitrogens with zero attached hydrogens (tertiary/aromatic N) is 3. The number of rotatable bonds is 6. The molecular weight excluding hydrogens is 393 g/mol. The minimum Gasteiger partial charge on any atom is -0.354 e. The summed E-state index contributed by atoms with van der Waals surface area (Å²) in [6.45, 7) is 0.290. The molecule has 5 rings (SSSR count). The quantitative estimate of drug-likeness (QED) is 0.437. The Labute approximate surface area is 177 Å². The molecule has 0 atom stereocenters. The summed E-state index contributed by atoms with van der Waals surface area (Å²) < 4.78 is 15.8. The minimum absolute atomic E-state index is 0.0996. The maximum Gasteiger partial charge on any atom is 0.220 e. The molecule has 0 saturated heterocycles. The number of halogens is 1. The molecule has 0 fully saturated rings. The molecule has 0 spiro atoms. The third-order valence-corrected chi connectivity index (χ3v) is 5.36. The number of amides is 1. The Balaban J connectivity index is 1.35. The first-order chi connectivity index (χ1) is 15.2. The molecule has 0 saturated carbocycles. The van der Waals surface area contributed by atoms with E-state index in [0.29, 0.717) is 12.2 Å². The summed E-state index contributed by atoms with van der Waals surface area (Å²) in [5, 5.41) is 11.9. The molecule has 3 heterocycles. The summed E-state index contributed by atoms with van der Waals surface area (Å²) in [5.74, 6) is 0.274. The van der Waals surface area contributed by atoms with Gasteiger partial charge in [0.05, 0.1) is 6.54 Å². The summed E-state index contributed by atoms with van der Waals surface area (Å²) in [4.78, 5) is 16.0. The number of aromatic amines is 1. The van der Waals surface area contributed by atoms with Gasteiger partial charge in [-0.15, -0.1) is 10.2 Å². The second-order valence-electron chi connectivity index (χ2n) is 7.36. The van der Waals surface area contributed by atoms with Gasteiger partial charge in [-0.1, -0.05) is 36.4 Å². The van der Waals surface area contributed by atoms with Crippen LogP contribution in [0, 0.1) is 5.82 Å². The van der Waals surface area contributed by atoms with E-state index in [1.807, 2.05) is 59.1 Å². The maximum absolute atomic E-state index is 13.9. The van der Waals surface area contributed by atoms with E-state index in [1.54, 1.807) is 6.07 Å². The van der Waals surface area contributed by atoms with Crippen molar-refractivity contribution in [1.29, 1.82) is 0 Å². The van der Waals surface area contributed by atoms with E-state index in [4.69, 9.17) is 0 Å². The Kier molecular flexibility index (Phi) is 4.92. The lowest BCUT2D eigenvalue weighted by molar-refractivity contribution is -0.121. The van der Waals surface area contributed by atoms with Crippen LogP contribution in [-0.4, -0.2) is 25.5 Å². The topological polar surface area (TPSA) is 75.1 Å². The third kappa shape index (κ3) is 3.77. The van der Waals surface area contributed by atoms with Crippen molar-refractivity contribution >= 4 is 22.5 Å². The molecule has 6 nitrogen and oxygen atoms in total. The molecule has 1 amide bonds. The second kappa shape index (κ2) is 8.02. The highest BCUT2D eigenvalue weighted by Gasteiger charge is 2.15. The number of nitrogens with one attached hydrogen (secondary N) is 2. The van der Waals surface area contributed by atoms with Crippen LogP contribution in [0.5, 0.6) is 0 Å². The van der Waals surface area contributed by atoms with Gasteiger partial charge < -0.3 is 10.3 Å². The van der Waals surface area contributed by atoms with Gasteiger partial charge in [0.2, 0.25) is 5.91 Å². The second-order valence-corrected chi connectivity index (χ2v) is 7.36. The van der Waals surface area contributed by atoms with Gasteiger partial charge in [-0.3, -0.25) is 9.20 Å². The molecule has 7 heteroatoms. The van der Waals surface area contributed by atoms with Crippen molar-refractivity contribution in [3.05, 3.63) is 90.1 Å². The molecule has 2 N–H and O–H groups in total. The minimum atomic E-state index is -0.296.